The SMILES string of the molecule is CN(C)CCCN(C)c1ccc2c(c1)OCCN2c1nc2c(s1)C(=O)NC(C)(C)C2. The zero-order valence-electron chi connectivity index (χ0n) is 18.5. The van der Waals surface area contributed by atoms with Gasteiger partial charge in [0.25, 0.3) is 5.91 Å². The molecule has 0 saturated carbocycles. The summed E-state index contributed by atoms with van der Waals surface area (Å²) in [6.45, 7) is 7.45. The van der Waals surface area contributed by atoms with Crippen molar-refractivity contribution in [1.29, 1.82) is 0 Å². The number of nitrogens with zero attached hydrogens (tertiary/aromatic N) is 4. The number of anilines is 3. The van der Waals surface area contributed by atoms with E-state index in [4.69, 9.17) is 9.72 Å². The standard InChI is InChI=1S/C22H31N5O2S/c1-22(2)14-16-19(20(28)24-22)30-21(23-16)27-11-12-29-18-13-15(7-8-17(18)27)26(5)10-6-9-25(3)4/h7-8,13H,6,9-12,14H2,1-5H3,(H,24,28). The molecular formula is C22H31N5O2S. The molecule has 0 saturated heterocycles. The Kier molecular flexibility index (Phi) is 5.63. The Labute approximate surface area is 182 Å². The highest BCUT2D eigenvalue weighted by atomic mass is 32.1. The van der Waals surface area contributed by atoms with E-state index >= 15 is 0 Å². The number of hydrogen-bond donors (Lipinski definition) is 1. The van der Waals surface area contributed by atoms with Crippen LogP contribution in [0.25, 0.3) is 0 Å². The number of carbonyl (C=O) groups is 1. The van der Waals surface area contributed by atoms with E-state index in [1.807, 2.05) is 13.8 Å². The molecule has 0 atom stereocenters. The van der Waals surface area contributed by atoms with Crippen LogP contribution in [0.15, 0.2) is 18.2 Å². The van der Waals surface area contributed by atoms with E-state index in [1.165, 1.54) is 11.3 Å². The monoisotopic (exact) mass is 429 g/mol. The molecule has 1 aromatic carbocycles. The Hall–Kier alpha value is -2.32. The van der Waals surface area contributed by atoms with Crippen LogP contribution in [0, 0.1) is 0 Å². The fourth-order valence-electron chi connectivity index (χ4n) is 3.98. The van der Waals surface area contributed by atoms with Gasteiger partial charge in [-0.25, -0.2) is 4.98 Å². The van der Waals surface area contributed by atoms with Crippen molar-refractivity contribution in [2.24, 2.45) is 0 Å². The fourth-order valence-corrected chi connectivity index (χ4v) is 4.99. The first-order valence-electron chi connectivity index (χ1n) is 10.5. The van der Waals surface area contributed by atoms with Gasteiger partial charge in [-0.3, -0.25) is 4.79 Å². The Morgan fingerprint density at radius 2 is 2.07 bits per heavy atom. The first-order chi connectivity index (χ1) is 14.2. The second-order valence-electron chi connectivity index (χ2n) is 9.02. The molecule has 0 spiro atoms. The molecule has 30 heavy (non-hydrogen) atoms. The van der Waals surface area contributed by atoms with Crippen LogP contribution in [-0.2, 0) is 6.42 Å². The zero-order valence-corrected chi connectivity index (χ0v) is 19.3. The van der Waals surface area contributed by atoms with E-state index in [9.17, 15) is 4.79 Å². The zero-order chi connectivity index (χ0) is 21.5. The predicted octanol–water partition coefficient (Wildman–Crippen LogP) is 3.13. The van der Waals surface area contributed by atoms with Crippen molar-refractivity contribution < 1.29 is 9.53 Å². The molecular weight excluding hydrogens is 398 g/mol. The Bertz CT molecular complexity index is 940. The minimum absolute atomic E-state index is 0.0202. The number of rotatable bonds is 6. The molecule has 8 heteroatoms. The van der Waals surface area contributed by atoms with E-state index in [2.05, 4.69) is 59.4 Å². The van der Waals surface area contributed by atoms with E-state index in [-0.39, 0.29) is 11.4 Å². The number of ether oxygens (including phenoxy) is 1. The van der Waals surface area contributed by atoms with Crippen molar-refractivity contribution in [2.75, 3.05) is 57.2 Å². The average molecular weight is 430 g/mol. The molecule has 2 aromatic rings. The third-order valence-corrected chi connectivity index (χ3v) is 6.65. The number of amides is 1. The summed E-state index contributed by atoms with van der Waals surface area (Å²) in [6.07, 6.45) is 1.86. The van der Waals surface area contributed by atoms with Gasteiger partial charge in [0, 0.05) is 37.3 Å². The number of nitrogens with one attached hydrogen (secondary N) is 1. The van der Waals surface area contributed by atoms with Gasteiger partial charge < -0.3 is 24.8 Å². The molecule has 1 amide bonds. The van der Waals surface area contributed by atoms with Crippen molar-refractivity contribution in [3.63, 3.8) is 0 Å². The van der Waals surface area contributed by atoms with E-state index in [1.54, 1.807) is 0 Å². The lowest BCUT2D eigenvalue weighted by atomic mass is 9.94. The molecule has 7 nitrogen and oxygen atoms in total. The minimum Gasteiger partial charge on any atom is -0.489 e. The summed E-state index contributed by atoms with van der Waals surface area (Å²) >= 11 is 1.47. The lowest BCUT2D eigenvalue weighted by molar-refractivity contribution is 0.0901. The first-order valence-corrected chi connectivity index (χ1v) is 11.3. The summed E-state index contributed by atoms with van der Waals surface area (Å²) in [6, 6.07) is 6.36. The Morgan fingerprint density at radius 1 is 1.27 bits per heavy atom. The molecule has 0 aliphatic carbocycles. The number of thiazole rings is 1. The molecule has 3 heterocycles. The summed E-state index contributed by atoms with van der Waals surface area (Å²) in [4.78, 5) is 24.7. The molecule has 0 fully saturated rings. The smallest absolute Gasteiger partial charge is 0.263 e. The van der Waals surface area contributed by atoms with Crippen molar-refractivity contribution in [1.82, 2.24) is 15.2 Å². The molecule has 1 N–H and O–H groups in total. The van der Waals surface area contributed by atoms with Crippen molar-refractivity contribution in [3.05, 3.63) is 28.8 Å². The normalized spacial score (nSPS) is 17.3. The largest absolute Gasteiger partial charge is 0.489 e. The molecule has 0 radical (unpaired) electrons. The van der Waals surface area contributed by atoms with Gasteiger partial charge in [0.1, 0.15) is 17.2 Å². The van der Waals surface area contributed by atoms with Crippen LogP contribution < -0.4 is 19.9 Å². The second-order valence-corrected chi connectivity index (χ2v) is 10.00. The number of aromatic nitrogens is 1. The molecule has 2 aliphatic rings. The first kappa shape index (κ1) is 20.9. The van der Waals surface area contributed by atoms with Crippen LogP contribution in [0.1, 0.15) is 35.6 Å². The van der Waals surface area contributed by atoms with Crippen molar-refractivity contribution in [3.8, 4) is 5.75 Å². The number of fused-ring (bicyclic) bond motifs is 2. The fraction of sp³-hybridized carbons (Fsp3) is 0.545. The van der Waals surface area contributed by atoms with Crippen LogP contribution in [0.3, 0.4) is 0 Å². The highest BCUT2D eigenvalue weighted by molar-refractivity contribution is 7.17. The number of hydrogen-bond acceptors (Lipinski definition) is 7. The Morgan fingerprint density at radius 3 is 2.83 bits per heavy atom. The van der Waals surface area contributed by atoms with Gasteiger partial charge >= 0.3 is 0 Å². The van der Waals surface area contributed by atoms with Crippen LogP contribution in [-0.4, -0.2) is 68.7 Å². The molecule has 4 rings (SSSR count). The molecule has 2 aliphatic heterocycles. The third kappa shape index (κ3) is 4.25. The van der Waals surface area contributed by atoms with Gasteiger partial charge in [-0.15, -0.1) is 0 Å². The third-order valence-electron chi connectivity index (χ3n) is 5.53. The number of benzene rings is 1. The summed E-state index contributed by atoms with van der Waals surface area (Å²) in [5.41, 5.74) is 2.80. The van der Waals surface area contributed by atoms with Gasteiger partial charge in [0.05, 0.1) is 17.9 Å². The minimum atomic E-state index is -0.260. The van der Waals surface area contributed by atoms with Crippen LogP contribution >= 0.6 is 11.3 Å². The summed E-state index contributed by atoms with van der Waals surface area (Å²) in [5, 5.41) is 3.94. The van der Waals surface area contributed by atoms with E-state index in [0.29, 0.717) is 6.61 Å². The van der Waals surface area contributed by atoms with Crippen molar-refractivity contribution >= 4 is 33.8 Å². The predicted molar refractivity (Wildman–Crippen MR) is 123 cm³/mol. The highest BCUT2D eigenvalue weighted by Crippen LogP contribution is 2.42. The summed E-state index contributed by atoms with van der Waals surface area (Å²) in [7, 11) is 6.32. The van der Waals surface area contributed by atoms with Crippen LogP contribution in [0.2, 0.25) is 0 Å². The van der Waals surface area contributed by atoms with Gasteiger partial charge in [-0.2, -0.15) is 0 Å². The highest BCUT2D eigenvalue weighted by Gasteiger charge is 2.34. The lowest BCUT2D eigenvalue weighted by Gasteiger charge is -2.30. The molecule has 0 bridgehead atoms. The van der Waals surface area contributed by atoms with E-state index < -0.39 is 0 Å². The summed E-state index contributed by atoms with van der Waals surface area (Å²) in [5.74, 6) is 0.851. The van der Waals surface area contributed by atoms with Crippen molar-refractivity contribution in [2.45, 2.75) is 32.2 Å². The maximum absolute atomic E-state index is 12.5. The van der Waals surface area contributed by atoms with Gasteiger partial charge in [0.15, 0.2) is 5.13 Å². The summed E-state index contributed by atoms with van der Waals surface area (Å²) < 4.78 is 5.99. The maximum Gasteiger partial charge on any atom is 0.263 e. The maximum atomic E-state index is 12.5. The van der Waals surface area contributed by atoms with Gasteiger partial charge in [0.2, 0.25) is 0 Å². The van der Waals surface area contributed by atoms with Crippen LogP contribution in [0.5, 0.6) is 5.75 Å². The second kappa shape index (κ2) is 8.07. The van der Waals surface area contributed by atoms with Crippen LogP contribution in [0.4, 0.5) is 16.5 Å². The van der Waals surface area contributed by atoms with E-state index in [0.717, 1.165) is 65.3 Å². The number of carbonyl (C=O) groups excluding carboxylic acids is 1. The molecule has 1 aromatic heterocycles. The van der Waals surface area contributed by atoms with Gasteiger partial charge in [-0.1, -0.05) is 11.3 Å². The topological polar surface area (TPSA) is 60.9 Å². The molecule has 0 unspecified atom stereocenters. The Balaban J connectivity index is 1.56. The molecule has 162 valence electrons. The lowest BCUT2D eigenvalue weighted by Crippen LogP contribution is -2.48. The quantitative estimate of drug-likeness (QED) is 0.761. The average Bonchev–Trinajstić information content (AvgIpc) is 3.09. The van der Waals surface area contributed by atoms with Gasteiger partial charge in [-0.05, 0) is 53.0 Å².